The van der Waals surface area contributed by atoms with Crippen LogP contribution in [0.2, 0.25) is 0 Å². The molecular formula is C12H24N2O3S. The summed E-state index contributed by atoms with van der Waals surface area (Å²) in [5.41, 5.74) is 5.40. The molecule has 6 heteroatoms. The van der Waals surface area contributed by atoms with Gasteiger partial charge in [-0.2, -0.15) is 12.6 Å². The zero-order valence-electron chi connectivity index (χ0n) is 11.1. The first kappa shape index (κ1) is 17.2. The molecular weight excluding hydrogens is 252 g/mol. The highest BCUT2D eigenvalue weighted by molar-refractivity contribution is 7.80. The van der Waals surface area contributed by atoms with E-state index >= 15 is 0 Å². The standard InChI is InChI=1S/C12H24N2O3S/c1-8(2)6-10(12(16)17)14-11(15)9(7-18)4-3-5-13/h8-10,18H,3-7,13H2,1-2H3,(H,14,15)(H,16,17)/t9?,10-/m0/s1. The van der Waals surface area contributed by atoms with Gasteiger partial charge in [-0.1, -0.05) is 13.8 Å². The summed E-state index contributed by atoms with van der Waals surface area (Å²) >= 11 is 4.12. The van der Waals surface area contributed by atoms with E-state index in [-0.39, 0.29) is 17.7 Å². The van der Waals surface area contributed by atoms with Gasteiger partial charge in [0, 0.05) is 11.7 Å². The number of aliphatic carboxylic acids is 1. The fourth-order valence-corrected chi connectivity index (χ4v) is 2.00. The van der Waals surface area contributed by atoms with Gasteiger partial charge in [-0.3, -0.25) is 4.79 Å². The molecule has 0 saturated carbocycles. The maximum atomic E-state index is 11.9. The van der Waals surface area contributed by atoms with Crippen LogP contribution in [-0.2, 0) is 9.59 Å². The fraction of sp³-hybridized carbons (Fsp3) is 0.833. The maximum Gasteiger partial charge on any atom is 0.326 e. The van der Waals surface area contributed by atoms with Crippen molar-refractivity contribution in [1.29, 1.82) is 0 Å². The second-order valence-corrected chi connectivity index (χ2v) is 5.20. The molecule has 1 unspecified atom stereocenters. The molecule has 0 rings (SSSR count). The van der Waals surface area contributed by atoms with Gasteiger partial charge in [0.15, 0.2) is 0 Å². The van der Waals surface area contributed by atoms with Gasteiger partial charge in [0.2, 0.25) is 5.91 Å². The van der Waals surface area contributed by atoms with Crippen molar-refractivity contribution in [3.05, 3.63) is 0 Å². The van der Waals surface area contributed by atoms with Crippen LogP contribution in [0.5, 0.6) is 0 Å². The van der Waals surface area contributed by atoms with Gasteiger partial charge >= 0.3 is 5.97 Å². The largest absolute Gasteiger partial charge is 0.480 e. The molecule has 0 heterocycles. The lowest BCUT2D eigenvalue weighted by Crippen LogP contribution is -2.44. The molecule has 0 bridgehead atoms. The molecule has 0 aliphatic heterocycles. The number of hydrogen-bond acceptors (Lipinski definition) is 4. The summed E-state index contributed by atoms with van der Waals surface area (Å²) in [7, 11) is 0. The number of nitrogens with one attached hydrogen (secondary N) is 1. The Morgan fingerprint density at radius 1 is 1.39 bits per heavy atom. The molecule has 2 atom stereocenters. The summed E-state index contributed by atoms with van der Waals surface area (Å²) in [6.07, 6.45) is 1.80. The number of carbonyl (C=O) groups excluding carboxylic acids is 1. The van der Waals surface area contributed by atoms with Gasteiger partial charge in [-0.15, -0.1) is 0 Å². The number of carboxylic acids is 1. The summed E-state index contributed by atoms with van der Waals surface area (Å²) in [5, 5.41) is 11.6. The molecule has 0 aromatic heterocycles. The van der Waals surface area contributed by atoms with Crippen LogP contribution >= 0.6 is 12.6 Å². The van der Waals surface area contributed by atoms with Gasteiger partial charge < -0.3 is 16.2 Å². The van der Waals surface area contributed by atoms with E-state index in [2.05, 4.69) is 17.9 Å². The Kier molecular flexibility index (Phi) is 8.83. The average Bonchev–Trinajstić information content (AvgIpc) is 2.28. The Morgan fingerprint density at radius 3 is 2.39 bits per heavy atom. The molecule has 18 heavy (non-hydrogen) atoms. The van der Waals surface area contributed by atoms with Crippen molar-refractivity contribution in [1.82, 2.24) is 5.32 Å². The lowest BCUT2D eigenvalue weighted by atomic mass is 10.0. The monoisotopic (exact) mass is 276 g/mol. The third-order valence-corrected chi connectivity index (χ3v) is 3.11. The predicted octanol–water partition coefficient (Wildman–Crippen LogP) is 0.887. The van der Waals surface area contributed by atoms with Gasteiger partial charge in [0.25, 0.3) is 0 Å². The molecule has 0 saturated heterocycles. The molecule has 0 aromatic carbocycles. The number of carbonyl (C=O) groups is 2. The lowest BCUT2D eigenvalue weighted by Gasteiger charge is -2.20. The number of rotatable bonds is 9. The average molecular weight is 276 g/mol. The summed E-state index contributed by atoms with van der Waals surface area (Å²) in [6, 6.07) is -0.822. The first-order chi connectivity index (χ1) is 8.42. The summed E-state index contributed by atoms with van der Waals surface area (Å²) in [6.45, 7) is 4.37. The Balaban J connectivity index is 4.41. The molecule has 0 radical (unpaired) electrons. The highest BCUT2D eigenvalue weighted by Crippen LogP contribution is 2.11. The molecule has 0 aromatic rings. The number of nitrogens with two attached hydrogens (primary N) is 1. The second-order valence-electron chi connectivity index (χ2n) is 4.84. The molecule has 0 aliphatic rings. The Morgan fingerprint density at radius 2 is 2.00 bits per heavy atom. The number of thiol groups is 1. The van der Waals surface area contributed by atoms with Crippen molar-refractivity contribution in [2.75, 3.05) is 12.3 Å². The van der Waals surface area contributed by atoms with E-state index in [0.29, 0.717) is 25.1 Å². The minimum atomic E-state index is -0.992. The smallest absolute Gasteiger partial charge is 0.326 e. The van der Waals surface area contributed by atoms with Gasteiger partial charge in [-0.05, 0) is 31.7 Å². The van der Waals surface area contributed by atoms with Gasteiger partial charge in [0.1, 0.15) is 6.04 Å². The van der Waals surface area contributed by atoms with Gasteiger partial charge in [-0.25, -0.2) is 4.79 Å². The van der Waals surface area contributed by atoms with Crippen LogP contribution in [0.4, 0.5) is 0 Å². The predicted molar refractivity (Wildman–Crippen MR) is 74.7 cm³/mol. The van der Waals surface area contributed by atoms with Crippen LogP contribution in [0.25, 0.3) is 0 Å². The lowest BCUT2D eigenvalue weighted by molar-refractivity contribution is -0.142. The minimum absolute atomic E-state index is 0.213. The van der Waals surface area contributed by atoms with Crippen LogP contribution in [0.15, 0.2) is 0 Å². The van der Waals surface area contributed by atoms with Crippen molar-refractivity contribution >= 4 is 24.5 Å². The summed E-state index contributed by atoms with van der Waals surface area (Å²) in [4.78, 5) is 23.0. The van der Waals surface area contributed by atoms with E-state index in [1.165, 1.54) is 0 Å². The van der Waals surface area contributed by atoms with Crippen LogP contribution in [0.1, 0.15) is 33.1 Å². The number of amides is 1. The maximum absolute atomic E-state index is 11.9. The van der Waals surface area contributed by atoms with E-state index in [9.17, 15) is 9.59 Å². The minimum Gasteiger partial charge on any atom is -0.480 e. The molecule has 4 N–H and O–H groups in total. The fourth-order valence-electron chi connectivity index (χ4n) is 1.65. The van der Waals surface area contributed by atoms with E-state index < -0.39 is 12.0 Å². The molecule has 106 valence electrons. The van der Waals surface area contributed by atoms with Crippen molar-refractivity contribution in [2.24, 2.45) is 17.6 Å². The normalized spacial score (nSPS) is 14.3. The number of hydrogen-bond donors (Lipinski definition) is 4. The topological polar surface area (TPSA) is 92.4 Å². The first-order valence-electron chi connectivity index (χ1n) is 6.26. The Labute approximate surface area is 114 Å². The van der Waals surface area contributed by atoms with Crippen molar-refractivity contribution < 1.29 is 14.7 Å². The third-order valence-electron chi connectivity index (χ3n) is 2.67. The molecule has 0 spiro atoms. The van der Waals surface area contributed by atoms with Crippen molar-refractivity contribution in [3.63, 3.8) is 0 Å². The molecule has 0 aliphatic carbocycles. The van der Waals surface area contributed by atoms with Crippen molar-refractivity contribution in [3.8, 4) is 0 Å². The first-order valence-corrected chi connectivity index (χ1v) is 6.89. The zero-order valence-corrected chi connectivity index (χ0v) is 12.0. The Hall–Kier alpha value is -0.750. The molecule has 0 fully saturated rings. The van der Waals surface area contributed by atoms with Crippen LogP contribution in [0, 0.1) is 11.8 Å². The van der Waals surface area contributed by atoms with E-state index in [0.717, 1.165) is 6.42 Å². The van der Waals surface area contributed by atoms with E-state index in [4.69, 9.17) is 10.8 Å². The van der Waals surface area contributed by atoms with E-state index in [1.807, 2.05) is 13.8 Å². The SMILES string of the molecule is CC(C)C[C@H](NC(=O)C(CS)CCCN)C(=O)O. The van der Waals surface area contributed by atoms with E-state index in [1.54, 1.807) is 0 Å². The molecule has 5 nitrogen and oxygen atoms in total. The highest BCUT2D eigenvalue weighted by Gasteiger charge is 2.24. The Bertz CT molecular complexity index is 272. The second kappa shape index (κ2) is 9.22. The zero-order chi connectivity index (χ0) is 14.1. The van der Waals surface area contributed by atoms with Crippen LogP contribution < -0.4 is 11.1 Å². The summed E-state index contributed by atoms with van der Waals surface area (Å²) in [5.74, 6) is -0.893. The quantitative estimate of drug-likeness (QED) is 0.471. The van der Waals surface area contributed by atoms with Crippen molar-refractivity contribution in [2.45, 2.75) is 39.2 Å². The molecule has 1 amide bonds. The number of carboxylic acid groups (broad SMARTS) is 1. The van der Waals surface area contributed by atoms with Crippen LogP contribution in [-0.4, -0.2) is 35.3 Å². The van der Waals surface area contributed by atoms with Gasteiger partial charge in [0.05, 0.1) is 0 Å². The third kappa shape index (κ3) is 6.86. The highest BCUT2D eigenvalue weighted by atomic mass is 32.1. The van der Waals surface area contributed by atoms with Crippen LogP contribution in [0.3, 0.4) is 0 Å². The summed E-state index contributed by atoms with van der Waals surface area (Å²) < 4.78 is 0.